The Balaban J connectivity index is 2.11. The molecule has 0 radical (unpaired) electrons. The molecular formula is C18H25NO3S. The quantitative estimate of drug-likeness (QED) is 0.452. The summed E-state index contributed by atoms with van der Waals surface area (Å²) in [6, 6.07) is 7.48. The van der Waals surface area contributed by atoms with Gasteiger partial charge in [0.05, 0.1) is 18.4 Å². The van der Waals surface area contributed by atoms with E-state index < -0.39 is 11.4 Å². The normalized spacial score (nSPS) is 17.0. The molecule has 0 saturated heterocycles. The molecule has 1 aromatic carbocycles. The van der Waals surface area contributed by atoms with Crippen LogP contribution in [0, 0.1) is 5.92 Å². The largest absolute Gasteiger partial charge is 0.591 e. The fourth-order valence-electron chi connectivity index (χ4n) is 2.29. The van der Waals surface area contributed by atoms with Gasteiger partial charge < -0.3 is 9.29 Å². The van der Waals surface area contributed by atoms with E-state index in [9.17, 15) is 9.35 Å². The zero-order chi connectivity index (χ0) is 17.0. The third-order valence-corrected chi connectivity index (χ3v) is 5.29. The lowest BCUT2D eigenvalue weighted by atomic mass is 10.00. The topological polar surface area (TPSA) is 61.7 Å². The average Bonchev–Trinajstić information content (AvgIpc) is 3.34. The highest BCUT2D eigenvalue weighted by Gasteiger charge is 2.33. The summed E-state index contributed by atoms with van der Waals surface area (Å²) in [4.78, 5) is 11.8. The van der Waals surface area contributed by atoms with Crippen molar-refractivity contribution in [2.45, 2.75) is 51.2 Å². The Bertz CT molecular complexity index is 588. The first-order valence-corrected chi connectivity index (χ1v) is 9.09. The fourth-order valence-corrected chi connectivity index (χ4v) is 3.02. The van der Waals surface area contributed by atoms with Crippen molar-refractivity contribution in [3.05, 3.63) is 35.4 Å². The molecule has 0 amide bonds. The van der Waals surface area contributed by atoms with Crippen molar-refractivity contribution in [2.75, 3.05) is 7.11 Å². The molecule has 0 heterocycles. The van der Waals surface area contributed by atoms with Crippen LogP contribution in [0.25, 0.3) is 0 Å². The van der Waals surface area contributed by atoms with Crippen LogP contribution in [-0.2, 0) is 22.5 Å². The molecule has 1 atom stereocenters. The van der Waals surface area contributed by atoms with E-state index in [1.54, 1.807) is 6.07 Å². The molecule has 23 heavy (non-hydrogen) atoms. The van der Waals surface area contributed by atoms with Gasteiger partial charge in [0, 0.05) is 5.92 Å². The van der Waals surface area contributed by atoms with Gasteiger partial charge in [-0.15, -0.1) is 0 Å². The minimum atomic E-state index is -1.23. The summed E-state index contributed by atoms with van der Waals surface area (Å²) >= 11 is -1.23. The molecule has 1 aliphatic rings. The van der Waals surface area contributed by atoms with Gasteiger partial charge >= 0.3 is 5.97 Å². The van der Waals surface area contributed by atoms with Gasteiger partial charge in [-0.25, -0.2) is 4.79 Å². The first-order valence-electron chi connectivity index (χ1n) is 7.98. The molecule has 4 nitrogen and oxygen atoms in total. The number of carbonyl (C=O) groups excluding carboxylic acids is 1. The summed E-state index contributed by atoms with van der Waals surface area (Å²) in [7, 11) is 1.39. The van der Waals surface area contributed by atoms with Crippen LogP contribution in [0.4, 0.5) is 0 Å². The number of ether oxygens (including phenoxy) is 1. The van der Waals surface area contributed by atoms with Crippen molar-refractivity contribution in [1.29, 1.82) is 0 Å². The monoisotopic (exact) mass is 335 g/mol. The van der Waals surface area contributed by atoms with Crippen molar-refractivity contribution in [3.8, 4) is 0 Å². The Morgan fingerprint density at radius 3 is 2.57 bits per heavy atom. The van der Waals surface area contributed by atoms with Crippen molar-refractivity contribution in [2.24, 2.45) is 10.3 Å². The molecule has 5 heteroatoms. The predicted molar refractivity (Wildman–Crippen MR) is 94.2 cm³/mol. The van der Waals surface area contributed by atoms with Gasteiger partial charge in [0.15, 0.2) is 0 Å². The zero-order valence-electron chi connectivity index (χ0n) is 14.3. The van der Waals surface area contributed by atoms with E-state index in [0.717, 1.165) is 30.5 Å². The lowest BCUT2D eigenvalue weighted by Crippen LogP contribution is -2.27. The smallest absolute Gasteiger partial charge is 0.338 e. The maximum Gasteiger partial charge on any atom is 0.338 e. The van der Waals surface area contributed by atoms with Crippen LogP contribution in [0.5, 0.6) is 0 Å². The minimum Gasteiger partial charge on any atom is -0.591 e. The van der Waals surface area contributed by atoms with E-state index in [1.165, 1.54) is 7.11 Å². The lowest BCUT2D eigenvalue weighted by Gasteiger charge is -2.19. The summed E-state index contributed by atoms with van der Waals surface area (Å²) in [5.74, 6) is 0.148. The van der Waals surface area contributed by atoms with Gasteiger partial charge in [-0.1, -0.05) is 22.6 Å². The number of nitrogens with zero attached hydrogens (tertiary/aromatic N) is 1. The molecule has 0 spiro atoms. The highest BCUT2D eigenvalue weighted by Crippen LogP contribution is 2.34. The standard InChI is InChI=1S/C18H25NO3S/c1-18(2,3)23(21)19-16(14-9-10-14)12-11-13-7-5-6-8-15(13)17(20)22-4/h5-8,14H,9-12H2,1-4H3. The number of aryl methyl sites for hydroxylation is 1. The molecule has 0 N–H and O–H groups in total. The van der Waals surface area contributed by atoms with E-state index in [2.05, 4.69) is 4.40 Å². The number of hydrogen-bond acceptors (Lipinski definition) is 4. The third-order valence-electron chi connectivity index (χ3n) is 3.85. The van der Waals surface area contributed by atoms with E-state index in [0.29, 0.717) is 17.9 Å². The number of rotatable bonds is 6. The summed E-state index contributed by atoms with van der Waals surface area (Å²) < 4.78 is 21.3. The van der Waals surface area contributed by atoms with Crippen molar-refractivity contribution < 1.29 is 14.1 Å². The number of benzene rings is 1. The summed E-state index contributed by atoms with van der Waals surface area (Å²) in [6.07, 6.45) is 3.69. The van der Waals surface area contributed by atoms with Crippen LogP contribution < -0.4 is 0 Å². The van der Waals surface area contributed by atoms with Crippen LogP contribution in [0.3, 0.4) is 0 Å². The van der Waals surface area contributed by atoms with Gasteiger partial charge in [-0.05, 0) is 58.1 Å². The third kappa shape index (κ3) is 5.08. The van der Waals surface area contributed by atoms with Crippen LogP contribution in [0.1, 0.15) is 56.0 Å². The van der Waals surface area contributed by atoms with Crippen molar-refractivity contribution in [1.82, 2.24) is 0 Å². The van der Waals surface area contributed by atoms with E-state index in [1.807, 2.05) is 39.0 Å². The van der Waals surface area contributed by atoms with Gasteiger partial charge in [0.2, 0.25) is 0 Å². The van der Waals surface area contributed by atoms with E-state index in [-0.39, 0.29) is 10.7 Å². The van der Waals surface area contributed by atoms with Crippen LogP contribution in [-0.4, -0.2) is 28.1 Å². The Kier molecular flexibility index (Phi) is 5.87. The molecule has 1 unspecified atom stereocenters. The first kappa shape index (κ1) is 18.0. The van der Waals surface area contributed by atoms with Gasteiger partial charge in [-0.2, -0.15) is 0 Å². The molecule has 1 saturated carbocycles. The number of esters is 1. The van der Waals surface area contributed by atoms with Crippen LogP contribution >= 0.6 is 0 Å². The molecule has 1 aromatic rings. The average molecular weight is 335 g/mol. The first-order chi connectivity index (χ1) is 10.8. The Morgan fingerprint density at radius 1 is 1.35 bits per heavy atom. The van der Waals surface area contributed by atoms with E-state index >= 15 is 0 Å². The molecule has 0 aromatic heterocycles. The Hall–Kier alpha value is -1.33. The molecule has 2 rings (SSSR count). The number of methoxy groups -OCH3 is 1. The van der Waals surface area contributed by atoms with Crippen molar-refractivity contribution in [3.63, 3.8) is 0 Å². The number of carbonyl (C=O) groups is 1. The predicted octanol–water partition coefficient (Wildman–Crippen LogP) is 3.72. The molecular weight excluding hydrogens is 310 g/mol. The molecule has 126 valence electrons. The van der Waals surface area contributed by atoms with Gasteiger partial charge in [0.1, 0.15) is 16.1 Å². The second-order valence-electron chi connectivity index (χ2n) is 6.87. The van der Waals surface area contributed by atoms with Crippen LogP contribution in [0.2, 0.25) is 0 Å². The highest BCUT2D eigenvalue weighted by atomic mass is 32.2. The Morgan fingerprint density at radius 2 is 2.00 bits per heavy atom. The van der Waals surface area contributed by atoms with E-state index in [4.69, 9.17) is 4.74 Å². The molecule has 1 aliphatic carbocycles. The van der Waals surface area contributed by atoms with Gasteiger partial charge in [-0.3, -0.25) is 0 Å². The summed E-state index contributed by atoms with van der Waals surface area (Å²) in [6.45, 7) is 5.80. The maximum absolute atomic E-state index is 12.3. The van der Waals surface area contributed by atoms with Gasteiger partial charge in [0.25, 0.3) is 0 Å². The SMILES string of the molecule is COC(=O)c1ccccc1CCC(=N[S+]([O-])C(C)(C)C)C1CC1. The highest BCUT2D eigenvalue weighted by molar-refractivity contribution is 7.91. The molecule has 0 bridgehead atoms. The van der Waals surface area contributed by atoms with Crippen molar-refractivity contribution >= 4 is 23.0 Å². The number of hydrogen-bond donors (Lipinski definition) is 0. The second-order valence-corrected chi connectivity index (χ2v) is 8.77. The molecule has 0 aliphatic heterocycles. The second kappa shape index (κ2) is 7.49. The lowest BCUT2D eigenvalue weighted by molar-refractivity contribution is 0.0599. The molecule has 1 fully saturated rings. The van der Waals surface area contributed by atoms with Crippen LogP contribution in [0.15, 0.2) is 28.7 Å². The summed E-state index contributed by atoms with van der Waals surface area (Å²) in [5, 5.41) is 0. The maximum atomic E-state index is 12.3. The fraction of sp³-hybridized carbons (Fsp3) is 0.556. The minimum absolute atomic E-state index is 0.316. The Labute approximate surface area is 141 Å². The zero-order valence-corrected chi connectivity index (χ0v) is 15.1. The summed E-state index contributed by atoms with van der Waals surface area (Å²) in [5.41, 5.74) is 2.58.